The van der Waals surface area contributed by atoms with Crippen LogP contribution in [0.1, 0.15) is 18.1 Å². The van der Waals surface area contributed by atoms with Crippen LogP contribution < -0.4 is 10.1 Å². The van der Waals surface area contributed by atoms with Crippen molar-refractivity contribution in [3.8, 4) is 5.75 Å². The Morgan fingerprint density at radius 3 is 2.65 bits per heavy atom. The van der Waals surface area contributed by atoms with Crippen molar-refractivity contribution in [1.82, 2.24) is 5.32 Å². The fourth-order valence-electron chi connectivity index (χ4n) is 1.98. The summed E-state index contributed by atoms with van der Waals surface area (Å²) in [7, 11) is 1.52. The van der Waals surface area contributed by atoms with E-state index >= 15 is 0 Å². The van der Waals surface area contributed by atoms with Crippen LogP contribution in [-0.4, -0.2) is 19.4 Å². The van der Waals surface area contributed by atoms with Gasteiger partial charge in [0, 0.05) is 12.6 Å². The van der Waals surface area contributed by atoms with Crippen LogP contribution in [0.2, 0.25) is 0 Å². The van der Waals surface area contributed by atoms with Gasteiger partial charge in [0.2, 0.25) is 0 Å². The maximum atomic E-state index is 13.1. The molecule has 0 bridgehead atoms. The molecule has 2 aromatic rings. The van der Waals surface area contributed by atoms with Gasteiger partial charge in [-0.15, -0.1) is 0 Å². The standard InChI is InChI=1S/C18H21FN2O2/c1-14(11-21-22-2)20-12-15-6-8-18(9-7-15)23-13-16-4-3-5-17(19)10-16/h3-11,14,20H,12-13H2,1-2H3/b21-11+/t14-/m0/s1. The SMILES string of the molecule is CO/N=C/[C@H](C)NCc1ccc(OCc2cccc(F)c2)cc1. The van der Waals surface area contributed by atoms with Gasteiger partial charge in [0.1, 0.15) is 25.3 Å². The fraction of sp³-hybridized carbons (Fsp3) is 0.278. The van der Waals surface area contributed by atoms with Gasteiger partial charge in [0.25, 0.3) is 0 Å². The van der Waals surface area contributed by atoms with E-state index in [1.165, 1.54) is 19.2 Å². The minimum atomic E-state index is -0.251. The molecule has 0 amide bonds. The minimum absolute atomic E-state index is 0.124. The highest BCUT2D eigenvalue weighted by molar-refractivity contribution is 5.62. The lowest BCUT2D eigenvalue weighted by atomic mass is 10.2. The third-order valence-electron chi connectivity index (χ3n) is 3.24. The molecule has 0 radical (unpaired) electrons. The van der Waals surface area contributed by atoms with E-state index in [4.69, 9.17) is 4.74 Å². The first-order chi connectivity index (χ1) is 11.2. The van der Waals surface area contributed by atoms with Gasteiger partial charge in [-0.1, -0.05) is 29.4 Å². The Balaban J connectivity index is 1.81. The molecule has 0 heterocycles. The lowest BCUT2D eigenvalue weighted by Crippen LogP contribution is -2.26. The summed E-state index contributed by atoms with van der Waals surface area (Å²) < 4.78 is 18.7. The van der Waals surface area contributed by atoms with Crippen LogP contribution in [0.15, 0.2) is 53.7 Å². The molecule has 1 N–H and O–H groups in total. The third kappa shape index (κ3) is 6.08. The molecule has 5 heteroatoms. The molecule has 2 aromatic carbocycles. The molecule has 4 nitrogen and oxygen atoms in total. The number of hydrogen-bond donors (Lipinski definition) is 1. The Labute approximate surface area is 135 Å². The van der Waals surface area contributed by atoms with Gasteiger partial charge in [-0.3, -0.25) is 0 Å². The van der Waals surface area contributed by atoms with E-state index < -0.39 is 0 Å². The van der Waals surface area contributed by atoms with Gasteiger partial charge >= 0.3 is 0 Å². The fourth-order valence-corrected chi connectivity index (χ4v) is 1.98. The predicted molar refractivity (Wildman–Crippen MR) is 89.0 cm³/mol. The predicted octanol–water partition coefficient (Wildman–Crippen LogP) is 3.52. The van der Waals surface area contributed by atoms with Crippen molar-refractivity contribution in [3.63, 3.8) is 0 Å². The second-order valence-electron chi connectivity index (χ2n) is 5.17. The lowest BCUT2D eigenvalue weighted by molar-refractivity contribution is 0.214. The van der Waals surface area contributed by atoms with Crippen LogP contribution in [-0.2, 0) is 18.0 Å². The van der Waals surface area contributed by atoms with Crippen molar-refractivity contribution < 1.29 is 14.0 Å². The molecule has 1 atom stereocenters. The summed E-state index contributed by atoms with van der Waals surface area (Å²) in [6.07, 6.45) is 1.70. The Hall–Kier alpha value is -2.40. The van der Waals surface area contributed by atoms with Crippen molar-refractivity contribution >= 4 is 6.21 Å². The third-order valence-corrected chi connectivity index (χ3v) is 3.24. The van der Waals surface area contributed by atoms with Crippen LogP contribution in [0, 0.1) is 5.82 Å². The lowest BCUT2D eigenvalue weighted by Gasteiger charge is -2.10. The highest BCUT2D eigenvalue weighted by Gasteiger charge is 2.01. The minimum Gasteiger partial charge on any atom is -0.489 e. The van der Waals surface area contributed by atoms with Gasteiger partial charge in [-0.2, -0.15) is 0 Å². The molecule has 0 aliphatic heterocycles. The topological polar surface area (TPSA) is 42.8 Å². The van der Waals surface area contributed by atoms with E-state index in [2.05, 4.69) is 15.3 Å². The van der Waals surface area contributed by atoms with Crippen LogP contribution >= 0.6 is 0 Å². The van der Waals surface area contributed by atoms with Crippen molar-refractivity contribution in [2.75, 3.05) is 7.11 Å². The molecule has 0 fully saturated rings. The number of ether oxygens (including phenoxy) is 1. The molecular formula is C18H21FN2O2. The second-order valence-corrected chi connectivity index (χ2v) is 5.17. The van der Waals surface area contributed by atoms with E-state index in [1.807, 2.05) is 37.3 Å². The molecule has 2 rings (SSSR count). The van der Waals surface area contributed by atoms with Crippen molar-refractivity contribution in [2.24, 2.45) is 5.16 Å². The molecular weight excluding hydrogens is 295 g/mol. The van der Waals surface area contributed by atoms with Gasteiger partial charge in [-0.25, -0.2) is 4.39 Å². The number of hydrogen-bond acceptors (Lipinski definition) is 4. The van der Waals surface area contributed by atoms with Crippen LogP contribution in [0.25, 0.3) is 0 Å². The summed E-state index contributed by atoms with van der Waals surface area (Å²) >= 11 is 0. The summed E-state index contributed by atoms with van der Waals surface area (Å²) in [5.74, 6) is 0.505. The molecule has 0 unspecified atom stereocenters. The maximum Gasteiger partial charge on any atom is 0.123 e. The number of oxime groups is 1. The zero-order valence-corrected chi connectivity index (χ0v) is 13.3. The molecule has 0 aliphatic carbocycles. The average Bonchev–Trinajstić information content (AvgIpc) is 2.57. The Kier molecular flexibility index (Phi) is 6.56. The first-order valence-corrected chi connectivity index (χ1v) is 7.43. The molecule has 122 valence electrons. The summed E-state index contributed by atoms with van der Waals surface area (Å²) in [6.45, 7) is 3.07. The Morgan fingerprint density at radius 2 is 1.96 bits per heavy atom. The molecule has 0 aliphatic rings. The number of nitrogens with one attached hydrogen (secondary N) is 1. The van der Waals surface area contributed by atoms with Crippen LogP contribution in [0.5, 0.6) is 5.75 Å². The number of benzene rings is 2. The van der Waals surface area contributed by atoms with Gasteiger partial charge < -0.3 is 14.9 Å². The monoisotopic (exact) mass is 316 g/mol. The Morgan fingerprint density at radius 1 is 1.17 bits per heavy atom. The first kappa shape index (κ1) is 17.0. The van der Waals surface area contributed by atoms with Crippen molar-refractivity contribution in [1.29, 1.82) is 0 Å². The normalized spacial score (nSPS) is 12.3. The number of rotatable bonds is 8. The highest BCUT2D eigenvalue weighted by Crippen LogP contribution is 2.14. The van der Waals surface area contributed by atoms with Crippen LogP contribution in [0.4, 0.5) is 4.39 Å². The van der Waals surface area contributed by atoms with E-state index in [1.54, 1.807) is 12.3 Å². The quantitative estimate of drug-likeness (QED) is 0.598. The maximum absolute atomic E-state index is 13.1. The largest absolute Gasteiger partial charge is 0.489 e. The van der Waals surface area contributed by atoms with Gasteiger partial charge in [0.05, 0.1) is 6.21 Å². The smallest absolute Gasteiger partial charge is 0.123 e. The first-order valence-electron chi connectivity index (χ1n) is 7.43. The summed E-state index contributed by atoms with van der Waals surface area (Å²) in [5.41, 5.74) is 1.95. The van der Waals surface area contributed by atoms with E-state index in [9.17, 15) is 4.39 Å². The average molecular weight is 316 g/mol. The Bertz CT molecular complexity index is 629. The summed E-state index contributed by atoms with van der Waals surface area (Å²) in [5, 5.41) is 7.03. The van der Waals surface area contributed by atoms with Gasteiger partial charge in [-0.05, 0) is 42.3 Å². The second kappa shape index (κ2) is 8.90. The molecule has 23 heavy (non-hydrogen) atoms. The molecule has 0 aromatic heterocycles. The zero-order valence-electron chi connectivity index (χ0n) is 13.3. The van der Waals surface area contributed by atoms with Crippen LogP contribution in [0.3, 0.4) is 0 Å². The molecule has 0 saturated heterocycles. The van der Waals surface area contributed by atoms with E-state index in [0.29, 0.717) is 6.61 Å². The summed E-state index contributed by atoms with van der Waals surface area (Å²) in [4.78, 5) is 4.64. The summed E-state index contributed by atoms with van der Waals surface area (Å²) in [6, 6.07) is 14.3. The van der Waals surface area contributed by atoms with E-state index in [-0.39, 0.29) is 11.9 Å². The van der Waals surface area contributed by atoms with E-state index in [0.717, 1.165) is 23.4 Å². The van der Waals surface area contributed by atoms with Crippen molar-refractivity contribution in [3.05, 3.63) is 65.5 Å². The highest BCUT2D eigenvalue weighted by atomic mass is 19.1. The molecule has 0 spiro atoms. The van der Waals surface area contributed by atoms with Crippen molar-refractivity contribution in [2.45, 2.75) is 26.1 Å². The number of halogens is 1. The molecule has 0 saturated carbocycles. The van der Waals surface area contributed by atoms with Gasteiger partial charge in [0.15, 0.2) is 0 Å². The number of nitrogens with zero attached hydrogens (tertiary/aromatic N) is 1. The zero-order chi connectivity index (χ0) is 16.5.